The SMILES string of the molecule is COc1ccc(-c2ccc3nccc(C(=O)NCC(=O)N4CSC[C@H]4C#N)c3c2)cn1. The Hall–Kier alpha value is -3.64. The number of carbonyl (C=O) groups excluding carboxylic acids is 2. The second-order valence-electron chi connectivity index (χ2n) is 6.87. The molecule has 31 heavy (non-hydrogen) atoms. The summed E-state index contributed by atoms with van der Waals surface area (Å²) in [6.45, 7) is -0.163. The maximum Gasteiger partial charge on any atom is 0.252 e. The second-order valence-corrected chi connectivity index (χ2v) is 7.87. The van der Waals surface area contributed by atoms with Gasteiger partial charge in [0.2, 0.25) is 11.8 Å². The summed E-state index contributed by atoms with van der Waals surface area (Å²) in [5.74, 6) is 0.934. The Morgan fingerprint density at radius 1 is 1.26 bits per heavy atom. The van der Waals surface area contributed by atoms with Gasteiger partial charge in [-0.15, -0.1) is 11.8 Å². The molecule has 1 aliphatic rings. The Kier molecular flexibility index (Phi) is 6.00. The van der Waals surface area contributed by atoms with E-state index >= 15 is 0 Å². The van der Waals surface area contributed by atoms with Crippen LogP contribution in [0.1, 0.15) is 10.4 Å². The molecule has 2 aromatic heterocycles. The fourth-order valence-electron chi connectivity index (χ4n) is 3.34. The number of hydrogen-bond donors (Lipinski definition) is 1. The highest BCUT2D eigenvalue weighted by Crippen LogP contribution is 2.26. The minimum Gasteiger partial charge on any atom is -0.481 e. The Balaban J connectivity index is 1.55. The van der Waals surface area contributed by atoms with Crippen LogP contribution in [0.5, 0.6) is 5.88 Å². The standard InChI is InChI=1S/C22H19N5O3S/c1-30-20-5-3-15(10-25-20)14-2-4-19-18(8-14)17(6-7-24-19)22(29)26-11-21(28)27-13-31-12-16(27)9-23/h2-8,10,16H,11-13H2,1H3,(H,26,29)/t16-/m1/s1. The van der Waals surface area contributed by atoms with Gasteiger partial charge in [-0.2, -0.15) is 5.26 Å². The largest absolute Gasteiger partial charge is 0.481 e. The molecule has 9 heteroatoms. The monoisotopic (exact) mass is 433 g/mol. The number of thioether (sulfide) groups is 1. The number of nitrogens with one attached hydrogen (secondary N) is 1. The number of hydrogen-bond acceptors (Lipinski definition) is 7. The van der Waals surface area contributed by atoms with Gasteiger partial charge in [-0.3, -0.25) is 14.6 Å². The van der Waals surface area contributed by atoms with Crippen molar-refractivity contribution < 1.29 is 14.3 Å². The van der Waals surface area contributed by atoms with Crippen LogP contribution in [0.25, 0.3) is 22.0 Å². The lowest BCUT2D eigenvalue weighted by atomic mass is 10.0. The Morgan fingerprint density at radius 2 is 2.10 bits per heavy atom. The summed E-state index contributed by atoms with van der Waals surface area (Å²) in [6, 6.07) is 12.6. The Bertz CT molecular complexity index is 1180. The maximum absolute atomic E-state index is 12.9. The zero-order valence-corrected chi connectivity index (χ0v) is 17.6. The number of nitrogens with zero attached hydrogens (tertiary/aromatic N) is 4. The van der Waals surface area contributed by atoms with Gasteiger partial charge in [0.25, 0.3) is 5.91 Å². The van der Waals surface area contributed by atoms with Crippen LogP contribution in [0.3, 0.4) is 0 Å². The molecule has 4 rings (SSSR count). The van der Waals surface area contributed by atoms with E-state index in [-0.39, 0.29) is 18.4 Å². The molecule has 3 heterocycles. The summed E-state index contributed by atoms with van der Waals surface area (Å²) in [7, 11) is 1.56. The van der Waals surface area contributed by atoms with Crippen LogP contribution < -0.4 is 10.1 Å². The highest BCUT2D eigenvalue weighted by Gasteiger charge is 2.29. The number of amides is 2. The van der Waals surface area contributed by atoms with Gasteiger partial charge in [0.1, 0.15) is 6.04 Å². The first-order chi connectivity index (χ1) is 15.1. The van der Waals surface area contributed by atoms with Crippen molar-refractivity contribution in [3.63, 3.8) is 0 Å². The molecule has 156 valence electrons. The third-order valence-electron chi connectivity index (χ3n) is 5.02. The van der Waals surface area contributed by atoms with E-state index in [4.69, 9.17) is 10.00 Å². The smallest absolute Gasteiger partial charge is 0.252 e. The van der Waals surface area contributed by atoms with Crippen LogP contribution in [-0.2, 0) is 4.79 Å². The number of carbonyl (C=O) groups is 2. The van der Waals surface area contributed by atoms with Gasteiger partial charge >= 0.3 is 0 Å². The normalized spacial score (nSPS) is 15.5. The molecule has 1 N–H and O–H groups in total. The number of nitriles is 1. The van der Waals surface area contributed by atoms with E-state index < -0.39 is 6.04 Å². The molecular formula is C22H19N5O3S. The van der Waals surface area contributed by atoms with Crippen LogP contribution in [0, 0.1) is 11.3 Å². The highest BCUT2D eigenvalue weighted by molar-refractivity contribution is 7.99. The van der Waals surface area contributed by atoms with Crippen molar-refractivity contribution in [3.8, 4) is 23.1 Å². The van der Waals surface area contributed by atoms with E-state index in [1.165, 1.54) is 16.7 Å². The molecule has 1 aliphatic heterocycles. The Labute approximate surface area is 183 Å². The highest BCUT2D eigenvalue weighted by atomic mass is 32.2. The van der Waals surface area contributed by atoms with E-state index in [1.54, 1.807) is 31.6 Å². The number of methoxy groups -OCH3 is 1. The zero-order chi connectivity index (χ0) is 21.8. The van der Waals surface area contributed by atoms with Crippen molar-refractivity contribution >= 4 is 34.5 Å². The fourth-order valence-corrected chi connectivity index (χ4v) is 4.45. The van der Waals surface area contributed by atoms with Crippen LogP contribution in [0.4, 0.5) is 0 Å². The van der Waals surface area contributed by atoms with E-state index in [2.05, 4.69) is 21.4 Å². The third-order valence-corrected chi connectivity index (χ3v) is 6.03. The second kappa shape index (κ2) is 9.02. The average Bonchev–Trinajstić information content (AvgIpc) is 3.31. The molecular weight excluding hydrogens is 414 g/mol. The van der Waals surface area contributed by atoms with E-state index in [0.717, 1.165) is 11.1 Å². The number of rotatable bonds is 5. The van der Waals surface area contributed by atoms with Crippen molar-refractivity contribution in [2.75, 3.05) is 25.3 Å². The van der Waals surface area contributed by atoms with Crippen molar-refractivity contribution in [1.82, 2.24) is 20.2 Å². The van der Waals surface area contributed by atoms with Crippen LogP contribution in [0.15, 0.2) is 48.8 Å². The molecule has 0 bridgehead atoms. The number of pyridine rings is 2. The Morgan fingerprint density at radius 3 is 2.84 bits per heavy atom. The fraction of sp³-hybridized carbons (Fsp3) is 0.227. The van der Waals surface area contributed by atoms with Gasteiger partial charge in [-0.25, -0.2) is 4.98 Å². The average molecular weight is 433 g/mol. The van der Waals surface area contributed by atoms with E-state index in [0.29, 0.717) is 34.0 Å². The molecule has 0 saturated carbocycles. The lowest BCUT2D eigenvalue weighted by Crippen LogP contribution is -2.42. The summed E-state index contributed by atoms with van der Waals surface area (Å²) in [5, 5.41) is 12.5. The molecule has 2 amide bonds. The lowest BCUT2D eigenvalue weighted by Gasteiger charge is -2.18. The van der Waals surface area contributed by atoms with E-state index in [9.17, 15) is 9.59 Å². The topological polar surface area (TPSA) is 108 Å². The van der Waals surface area contributed by atoms with Gasteiger partial charge < -0.3 is 15.0 Å². The molecule has 0 unspecified atom stereocenters. The van der Waals surface area contributed by atoms with Gasteiger partial charge in [0.05, 0.1) is 36.7 Å². The molecule has 0 radical (unpaired) electrons. The van der Waals surface area contributed by atoms with Gasteiger partial charge in [-0.1, -0.05) is 6.07 Å². The van der Waals surface area contributed by atoms with Gasteiger partial charge in [0.15, 0.2) is 0 Å². The summed E-state index contributed by atoms with van der Waals surface area (Å²) >= 11 is 1.53. The van der Waals surface area contributed by atoms with Crippen LogP contribution in [-0.4, -0.2) is 58.0 Å². The molecule has 8 nitrogen and oxygen atoms in total. The zero-order valence-electron chi connectivity index (χ0n) is 16.7. The molecule has 1 atom stereocenters. The number of aromatic nitrogens is 2. The van der Waals surface area contributed by atoms with Gasteiger partial charge in [-0.05, 0) is 29.8 Å². The molecule has 1 fully saturated rings. The molecule has 0 aliphatic carbocycles. The summed E-state index contributed by atoms with van der Waals surface area (Å²) in [4.78, 5) is 35.3. The van der Waals surface area contributed by atoms with E-state index in [1.807, 2.05) is 24.3 Å². The van der Waals surface area contributed by atoms with Crippen molar-refractivity contribution in [2.45, 2.75) is 6.04 Å². The molecule has 0 spiro atoms. The molecule has 3 aromatic rings. The minimum atomic E-state index is -0.447. The van der Waals surface area contributed by atoms with Crippen LogP contribution >= 0.6 is 11.8 Å². The first-order valence-corrected chi connectivity index (χ1v) is 10.7. The van der Waals surface area contributed by atoms with Gasteiger partial charge in [0, 0.05) is 35.2 Å². The van der Waals surface area contributed by atoms with Crippen molar-refractivity contribution in [2.24, 2.45) is 0 Å². The van der Waals surface area contributed by atoms with Crippen molar-refractivity contribution in [3.05, 3.63) is 54.4 Å². The third kappa shape index (κ3) is 4.29. The quantitative estimate of drug-likeness (QED) is 0.658. The summed E-state index contributed by atoms with van der Waals surface area (Å²) < 4.78 is 5.10. The molecule has 1 saturated heterocycles. The lowest BCUT2D eigenvalue weighted by molar-refractivity contribution is -0.129. The first kappa shape index (κ1) is 20.6. The number of fused-ring (bicyclic) bond motifs is 1. The van der Waals surface area contributed by atoms with Crippen molar-refractivity contribution in [1.29, 1.82) is 5.26 Å². The van der Waals surface area contributed by atoms with Crippen LogP contribution in [0.2, 0.25) is 0 Å². The maximum atomic E-state index is 12.9. The number of ether oxygens (including phenoxy) is 1. The first-order valence-electron chi connectivity index (χ1n) is 9.55. The predicted molar refractivity (Wildman–Crippen MR) is 117 cm³/mol. The molecule has 1 aromatic carbocycles. The minimum absolute atomic E-state index is 0.163. The summed E-state index contributed by atoms with van der Waals surface area (Å²) in [5.41, 5.74) is 2.85. The summed E-state index contributed by atoms with van der Waals surface area (Å²) in [6.07, 6.45) is 3.27. The number of benzene rings is 1. The predicted octanol–water partition coefficient (Wildman–Crippen LogP) is 2.46.